The van der Waals surface area contributed by atoms with Gasteiger partial charge < -0.3 is 11.1 Å². The minimum atomic E-state index is -4.52. The Hall–Kier alpha value is -2.10. The van der Waals surface area contributed by atoms with E-state index in [0.717, 1.165) is 12.1 Å². The topological polar surface area (TPSA) is 94.0 Å². The lowest BCUT2D eigenvalue weighted by Crippen LogP contribution is -2.15. The van der Waals surface area contributed by atoms with E-state index >= 15 is 0 Å². The van der Waals surface area contributed by atoms with Crippen LogP contribution >= 0.6 is 15.9 Å². The van der Waals surface area contributed by atoms with Crippen molar-refractivity contribution in [2.45, 2.75) is 6.18 Å². The first-order chi connectivity index (χ1) is 9.29. The molecule has 1 aromatic carbocycles. The van der Waals surface area contributed by atoms with Crippen molar-refractivity contribution in [1.29, 1.82) is 0 Å². The molecular weight excluding hydrogens is 345 g/mol. The largest absolute Gasteiger partial charge is 0.416 e. The number of nitrogens with two attached hydrogens (primary N) is 1. The number of anilines is 2. The molecule has 106 valence electrons. The number of nitrogen functional groups attached to an aromatic ring is 1. The Labute approximate surface area is 118 Å². The highest BCUT2D eigenvalue weighted by molar-refractivity contribution is 9.10. The molecule has 0 atom stereocenters. The van der Waals surface area contributed by atoms with Gasteiger partial charge in [0.05, 0.1) is 11.3 Å². The quantitative estimate of drug-likeness (QED) is 0.868. The average molecular weight is 351 g/mol. The fourth-order valence-electron chi connectivity index (χ4n) is 1.33. The van der Waals surface area contributed by atoms with E-state index in [9.17, 15) is 18.0 Å². The molecule has 20 heavy (non-hydrogen) atoms. The van der Waals surface area contributed by atoms with E-state index in [1.807, 2.05) is 0 Å². The molecule has 2 rings (SSSR count). The van der Waals surface area contributed by atoms with Crippen LogP contribution in [0, 0.1) is 0 Å². The van der Waals surface area contributed by atoms with Gasteiger partial charge in [-0.1, -0.05) is 0 Å². The number of hydrogen-bond acceptors (Lipinski definition) is 5. The molecule has 1 heterocycles. The van der Waals surface area contributed by atoms with Gasteiger partial charge in [-0.2, -0.15) is 13.2 Å². The van der Waals surface area contributed by atoms with E-state index in [1.54, 1.807) is 0 Å². The molecule has 6 nitrogen and oxygen atoms in total. The van der Waals surface area contributed by atoms with Crippen molar-refractivity contribution in [1.82, 2.24) is 10.3 Å². The highest BCUT2D eigenvalue weighted by atomic mass is 79.9. The molecule has 0 fully saturated rings. The first-order valence-electron chi connectivity index (χ1n) is 5.05. The summed E-state index contributed by atoms with van der Waals surface area (Å²) in [6, 6.07) is 2.83. The fraction of sp³-hybridized carbons (Fsp3) is 0.100. The molecule has 3 N–H and O–H groups in total. The number of aromatic nitrogens is 2. The second-order valence-electron chi connectivity index (χ2n) is 3.64. The molecular formula is C10H6BrF3N4O2. The van der Waals surface area contributed by atoms with Crippen molar-refractivity contribution >= 4 is 33.3 Å². The van der Waals surface area contributed by atoms with E-state index in [-0.39, 0.29) is 21.7 Å². The number of amides is 1. The molecule has 2 aromatic rings. The van der Waals surface area contributed by atoms with Crippen molar-refractivity contribution < 1.29 is 22.6 Å². The number of nitrogens with zero attached hydrogens (tertiary/aromatic N) is 2. The van der Waals surface area contributed by atoms with Crippen LogP contribution in [0.4, 0.5) is 24.7 Å². The molecule has 0 spiro atoms. The van der Waals surface area contributed by atoms with E-state index in [1.165, 1.54) is 6.07 Å². The SMILES string of the molecule is Nc1nonc1C(=O)Nc1cc(C(F)(F)F)ccc1Br. The first-order valence-corrected chi connectivity index (χ1v) is 5.84. The molecule has 0 aliphatic carbocycles. The molecule has 1 aromatic heterocycles. The number of rotatable bonds is 2. The van der Waals surface area contributed by atoms with Crippen LogP contribution < -0.4 is 11.1 Å². The molecule has 10 heteroatoms. The normalized spacial score (nSPS) is 11.4. The van der Waals surface area contributed by atoms with Crippen molar-refractivity contribution in [3.63, 3.8) is 0 Å². The smallest absolute Gasteiger partial charge is 0.379 e. The fourth-order valence-corrected chi connectivity index (χ4v) is 1.68. The van der Waals surface area contributed by atoms with Crippen LogP contribution in [-0.4, -0.2) is 16.2 Å². The van der Waals surface area contributed by atoms with Gasteiger partial charge in [0.2, 0.25) is 11.5 Å². The van der Waals surface area contributed by atoms with Gasteiger partial charge in [0.1, 0.15) is 0 Å². The lowest BCUT2D eigenvalue weighted by Gasteiger charge is -2.11. The lowest BCUT2D eigenvalue weighted by atomic mass is 10.2. The van der Waals surface area contributed by atoms with Crippen LogP contribution in [-0.2, 0) is 6.18 Å². The maximum absolute atomic E-state index is 12.6. The third kappa shape index (κ3) is 2.90. The minimum absolute atomic E-state index is 0.0766. The molecule has 1 amide bonds. The molecule has 0 bridgehead atoms. The Morgan fingerprint density at radius 1 is 1.35 bits per heavy atom. The van der Waals surface area contributed by atoms with Gasteiger partial charge in [-0.15, -0.1) is 0 Å². The first kappa shape index (κ1) is 14.3. The van der Waals surface area contributed by atoms with E-state index in [2.05, 4.69) is 36.2 Å². The van der Waals surface area contributed by atoms with Crippen LogP contribution in [0.1, 0.15) is 16.1 Å². The highest BCUT2D eigenvalue weighted by Gasteiger charge is 2.31. The van der Waals surface area contributed by atoms with E-state index in [4.69, 9.17) is 5.73 Å². The monoisotopic (exact) mass is 350 g/mol. The Bertz CT molecular complexity index is 656. The summed E-state index contributed by atoms with van der Waals surface area (Å²) in [5, 5.41) is 8.69. The Balaban J connectivity index is 2.30. The maximum Gasteiger partial charge on any atom is 0.416 e. The number of alkyl halides is 3. The van der Waals surface area contributed by atoms with Gasteiger partial charge >= 0.3 is 6.18 Å². The number of hydrogen-bond donors (Lipinski definition) is 2. The number of nitrogens with one attached hydrogen (secondary N) is 1. The van der Waals surface area contributed by atoms with Gasteiger partial charge in [0, 0.05) is 4.47 Å². The molecule has 0 radical (unpaired) electrons. The molecule has 0 saturated carbocycles. The van der Waals surface area contributed by atoms with Gasteiger partial charge in [-0.05, 0) is 44.4 Å². The highest BCUT2D eigenvalue weighted by Crippen LogP contribution is 2.34. The van der Waals surface area contributed by atoms with Crippen molar-refractivity contribution in [2.75, 3.05) is 11.1 Å². The van der Waals surface area contributed by atoms with Crippen molar-refractivity contribution in [3.8, 4) is 0 Å². The summed E-state index contributed by atoms with van der Waals surface area (Å²) in [4.78, 5) is 11.8. The van der Waals surface area contributed by atoms with Gasteiger partial charge in [0.15, 0.2) is 0 Å². The average Bonchev–Trinajstić information content (AvgIpc) is 2.77. The van der Waals surface area contributed by atoms with Crippen LogP contribution in [0.5, 0.6) is 0 Å². The zero-order chi connectivity index (χ0) is 14.9. The Morgan fingerprint density at radius 3 is 2.60 bits per heavy atom. The molecule has 0 aliphatic rings. The number of carbonyl (C=O) groups excluding carboxylic acids is 1. The number of benzene rings is 1. The lowest BCUT2D eigenvalue weighted by molar-refractivity contribution is -0.137. The summed E-state index contributed by atoms with van der Waals surface area (Å²) in [6.07, 6.45) is -4.52. The minimum Gasteiger partial charge on any atom is -0.379 e. The summed E-state index contributed by atoms with van der Waals surface area (Å²) in [5.41, 5.74) is 4.02. The van der Waals surface area contributed by atoms with E-state index in [0.29, 0.717) is 0 Å². The maximum atomic E-state index is 12.6. The number of carbonyl (C=O) groups is 1. The second kappa shape index (κ2) is 5.12. The van der Waals surface area contributed by atoms with Crippen LogP contribution in [0.3, 0.4) is 0 Å². The van der Waals surface area contributed by atoms with Crippen LogP contribution in [0.2, 0.25) is 0 Å². The summed E-state index contributed by atoms with van der Waals surface area (Å²) >= 11 is 3.03. The predicted molar refractivity (Wildman–Crippen MR) is 65.8 cm³/mol. The van der Waals surface area contributed by atoms with Crippen molar-refractivity contribution in [2.24, 2.45) is 0 Å². The Kier molecular flexibility index (Phi) is 3.66. The number of halogens is 4. The zero-order valence-corrected chi connectivity index (χ0v) is 11.1. The zero-order valence-electron chi connectivity index (χ0n) is 9.53. The van der Waals surface area contributed by atoms with E-state index < -0.39 is 17.6 Å². The standard InChI is InChI=1S/C10H6BrF3N4O2/c11-5-2-1-4(10(12,13)14)3-6(5)16-9(19)7-8(15)18-20-17-7/h1-3H,(H2,15,18)(H,16,19). The van der Waals surface area contributed by atoms with Gasteiger partial charge in [-0.3, -0.25) is 4.79 Å². The third-order valence-electron chi connectivity index (χ3n) is 2.27. The molecule has 0 unspecified atom stereocenters. The second-order valence-corrected chi connectivity index (χ2v) is 4.50. The van der Waals surface area contributed by atoms with Gasteiger partial charge in [0.25, 0.3) is 5.91 Å². The van der Waals surface area contributed by atoms with Crippen LogP contribution in [0.25, 0.3) is 0 Å². The van der Waals surface area contributed by atoms with Gasteiger partial charge in [-0.25, -0.2) is 4.63 Å². The molecule has 0 aliphatic heterocycles. The predicted octanol–water partition coefficient (Wildman–Crippen LogP) is 2.69. The Morgan fingerprint density at radius 2 is 2.05 bits per heavy atom. The summed E-state index contributed by atoms with van der Waals surface area (Å²) in [7, 11) is 0. The third-order valence-corrected chi connectivity index (χ3v) is 2.96. The summed E-state index contributed by atoms with van der Waals surface area (Å²) in [6.45, 7) is 0. The summed E-state index contributed by atoms with van der Waals surface area (Å²) in [5.74, 6) is -1.09. The van der Waals surface area contributed by atoms with Crippen molar-refractivity contribution in [3.05, 3.63) is 33.9 Å². The van der Waals surface area contributed by atoms with Crippen LogP contribution in [0.15, 0.2) is 27.3 Å². The molecule has 0 saturated heterocycles. The summed E-state index contributed by atoms with van der Waals surface area (Å²) < 4.78 is 42.3.